The fourth-order valence-electron chi connectivity index (χ4n) is 3.99. The Hall–Kier alpha value is -2.80. The molecule has 1 atom stereocenters. The number of amides is 1. The summed E-state index contributed by atoms with van der Waals surface area (Å²) < 4.78 is 62.6. The second kappa shape index (κ2) is 11.4. The zero-order valence-corrected chi connectivity index (χ0v) is 24.3. The van der Waals surface area contributed by atoms with E-state index >= 15 is 4.39 Å². The number of hydrogen-bond donors (Lipinski definition) is 1. The van der Waals surface area contributed by atoms with Crippen molar-refractivity contribution in [3.8, 4) is 0 Å². The van der Waals surface area contributed by atoms with E-state index in [-0.39, 0.29) is 16.5 Å². The van der Waals surface area contributed by atoms with Crippen molar-refractivity contribution in [2.75, 3.05) is 22.7 Å². The molecule has 2 aromatic carbocycles. The molecule has 1 aliphatic rings. The average molecular weight is 599 g/mol. The number of halogens is 3. The van der Waals surface area contributed by atoms with E-state index in [0.29, 0.717) is 16.4 Å². The number of benzene rings is 2. The van der Waals surface area contributed by atoms with E-state index in [9.17, 15) is 17.6 Å². The number of anilines is 2. The van der Waals surface area contributed by atoms with Gasteiger partial charge < -0.3 is 10.1 Å². The fraction of sp³-hybridized carbons (Fsp3) is 0.385. The molecule has 13 heteroatoms. The van der Waals surface area contributed by atoms with Crippen LogP contribution >= 0.6 is 22.9 Å². The molecule has 1 N–H and O–H groups in total. The summed E-state index contributed by atoms with van der Waals surface area (Å²) in [6.45, 7) is 9.10. The maximum Gasteiger partial charge on any atom is 0.430 e. The van der Waals surface area contributed by atoms with Gasteiger partial charge in [0, 0.05) is 17.5 Å². The Morgan fingerprint density at radius 3 is 2.54 bits per heavy atom. The first-order chi connectivity index (χ1) is 18.3. The number of hydrogen-bond acceptors (Lipinski definition) is 8. The topological polar surface area (TPSA) is 91.8 Å². The molecule has 39 heavy (non-hydrogen) atoms. The van der Waals surface area contributed by atoms with E-state index in [4.69, 9.17) is 16.3 Å². The molecule has 1 aliphatic heterocycles. The third kappa shape index (κ3) is 6.68. The Morgan fingerprint density at radius 1 is 1.23 bits per heavy atom. The largest absolute Gasteiger partial charge is 0.443 e. The highest BCUT2D eigenvalue weighted by Crippen LogP contribution is 2.34. The highest BCUT2D eigenvalue weighted by molar-refractivity contribution is 7.93. The lowest BCUT2D eigenvalue weighted by Crippen LogP contribution is -2.41. The molecule has 1 saturated heterocycles. The van der Waals surface area contributed by atoms with Crippen LogP contribution in [0.15, 0.2) is 46.1 Å². The molecule has 1 fully saturated rings. The van der Waals surface area contributed by atoms with Crippen LogP contribution in [0.3, 0.4) is 0 Å². The molecule has 0 unspecified atom stereocenters. The van der Waals surface area contributed by atoms with Gasteiger partial charge in [-0.25, -0.2) is 27.0 Å². The number of ether oxygens (including phenoxy) is 1. The Labute approximate surface area is 235 Å². The summed E-state index contributed by atoms with van der Waals surface area (Å²) >= 11 is 7.43. The zero-order valence-electron chi connectivity index (χ0n) is 21.9. The Balaban J connectivity index is 1.62. The number of aromatic nitrogens is 1. The van der Waals surface area contributed by atoms with Gasteiger partial charge in [0.15, 0.2) is 5.82 Å². The summed E-state index contributed by atoms with van der Waals surface area (Å²) in [6, 6.07) is 6.07. The highest BCUT2D eigenvalue weighted by Gasteiger charge is 2.38. The molecule has 1 aromatic heterocycles. The van der Waals surface area contributed by atoms with Crippen LogP contribution in [0, 0.1) is 11.6 Å². The lowest BCUT2D eigenvalue weighted by atomic mass is 10.0. The number of likely N-dealkylation sites (tertiary alicyclic amines) is 1. The lowest BCUT2D eigenvalue weighted by molar-refractivity contribution is 0.0608. The van der Waals surface area contributed by atoms with E-state index in [1.807, 2.05) is 0 Å². The van der Waals surface area contributed by atoms with Crippen LogP contribution in [0.5, 0.6) is 0 Å². The Kier molecular flexibility index (Phi) is 8.50. The van der Waals surface area contributed by atoms with E-state index in [0.717, 1.165) is 48.5 Å². The second-order valence-corrected chi connectivity index (χ2v) is 13.1. The molecule has 1 amide bonds. The molecular formula is C26H29ClF2N4O4S2. The molecule has 0 radical (unpaired) electrons. The molecule has 0 saturated carbocycles. The number of nitrogens with one attached hydrogen (secondary N) is 1. The molecule has 8 nitrogen and oxygen atoms in total. The monoisotopic (exact) mass is 598 g/mol. The van der Waals surface area contributed by atoms with Crippen LogP contribution in [0.4, 0.5) is 25.1 Å². The summed E-state index contributed by atoms with van der Waals surface area (Å²) in [5.41, 5.74) is 1.68. The normalized spacial score (nSPS) is 14.9. The summed E-state index contributed by atoms with van der Waals surface area (Å²) in [4.78, 5) is 18.2. The standard InChI is InChI=1S/C26H29ClF2N4O4S2/c1-16(18-10-17(6-7-20(18)28)13-32-8-5-9-32)31-22-12-21(29)23(11-19(22)27)39(35,36)33(24-14-38-15-30-24)25(34)37-26(2,3)4/h6-7,10-12,14-16,31H,5,8-9,13H2,1-4H3/t16-/m0/s1. The first kappa shape index (κ1) is 29.2. The van der Waals surface area contributed by atoms with E-state index in [1.54, 1.807) is 39.8 Å². The first-order valence-electron chi connectivity index (χ1n) is 12.2. The van der Waals surface area contributed by atoms with Gasteiger partial charge in [0.05, 0.1) is 22.3 Å². The predicted molar refractivity (Wildman–Crippen MR) is 148 cm³/mol. The Morgan fingerprint density at radius 2 is 1.95 bits per heavy atom. The van der Waals surface area contributed by atoms with E-state index < -0.39 is 44.3 Å². The van der Waals surface area contributed by atoms with Gasteiger partial charge >= 0.3 is 6.09 Å². The average Bonchev–Trinajstić information content (AvgIpc) is 3.31. The summed E-state index contributed by atoms with van der Waals surface area (Å²) in [5.74, 6) is -1.84. The van der Waals surface area contributed by atoms with Crippen molar-refractivity contribution in [2.24, 2.45) is 0 Å². The molecule has 0 spiro atoms. The van der Waals surface area contributed by atoms with Gasteiger partial charge in [0.25, 0.3) is 10.0 Å². The van der Waals surface area contributed by atoms with Gasteiger partial charge in [-0.15, -0.1) is 15.6 Å². The first-order valence-corrected chi connectivity index (χ1v) is 14.9. The van der Waals surface area contributed by atoms with Gasteiger partial charge in [-0.1, -0.05) is 17.7 Å². The molecule has 2 heterocycles. The molecule has 4 rings (SSSR count). The van der Waals surface area contributed by atoms with Crippen LogP contribution in [-0.2, 0) is 21.3 Å². The van der Waals surface area contributed by atoms with Crippen molar-refractivity contribution in [3.63, 3.8) is 0 Å². The zero-order chi connectivity index (χ0) is 28.5. The van der Waals surface area contributed by atoms with Crippen LogP contribution in [0.25, 0.3) is 0 Å². The number of nitrogens with zero attached hydrogens (tertiary/aromatic N) is 3. The number of thiazole rings is 1. The van der Waals surface area contributed by atoms with E-state index in [1.165, 1.54) is 17.0 Å². The van der Waals surface area contributed by atoms with Crippen LogP contribution < -0.4 is 9.62 Å². The van der Waals surface area contributed by atoms with Crippen molar-refractivity contribution >= 4 is 50.6 Å². The molecular weight excluding hydrogens is 570 g/mol. The van der Waals surface area contributed by atoms with Gasteiger partial charge in [-0.05, 0) is 77.0 Å². The smallest absolute Gasteiger partial charge is 0.430 e. The molecule has 0 bridgehead atoms. The van der Waals surface area contributed by atoms with Crippen molar-refractivity contribution < 1.29 is 26.7 Å². The molecule has 0 aliphatic carbocycles. The lowest BCUT2D eigenvalue weighted by Gasteiger charge is -2.31. The number of rotatable bonds is 8. The maximum atomic E-state index is 15.4. The van der Waals surface area contributed by atoms with Crippen LogP contribution in [0.1, 0.15) is 51.3 Å². The summed E-state index contributed by atoms with van der Waals surface area (Å²) in [7, 11) is -4.82. The van der Waals surface area contributed by atoms with Crippen LogP contribution in [-0.4, -0.2) is 43.1 Å². The minimum absolute atomic E-state index is 0.0608. The maximum absolute atomic E-state index is 15.4. The van der Waals surface area contributed by atoms with Gasteiger partial charge in [0.2, 0.25) is 0 Å². The third-order valence-electron chi connectivity index (χ3n) is 5.98. The van der Waals surface area contributed by atoms with Gasteiger partial charge in [-0.3, -0.25) is 4.90 Å². The second-order valence-electron chi connectivity index (χ2n) is 10.2. The van der Waals surface area contributed by atoms with Gasteiger partial charge in [0.1, 0.15) is 22.1 Å². The van der Waals surface area contributed by atoms with Crippen LogP contribution in [0.2, 0.25) is 5.02 Å². The predicted octanol–water partition coefficient (Wildman–Crippen LogP) is 6.58. The van der Waals surface area contributed by atoms with Crippen molar-refractivity contribution in [1.82, 2.24) is 9.88 Å². The number of carbonyl (C=O) groups excluding carboxylic acids is 1. The minimum atomic E-state index is -4.82. The Bertz CT molecular complexity index is 1460. The minimum Gasteiger partial charge on any atom is -0.443 e. The van der Waals surface area contributed by atoms with Crippen molar-refractivity contribution in [1.29, 1.82) is 0 Å². The summed E-state index contributed by atoms with van der Waals surface area (Å²) in [5, 5.41) is 4.15. The number of sulfonamides is 1. The quantitative estimate of drug-likeness (QED) is 0.313. The van der Waals surface area contributed by atoms with Gasteiger partial charge in [-0.2, -0.15) is 0 Å². The third-order valence-corrected chi connectivity index (χ3v) is 8.55. The molecule has 3 aromatic rings. The summed E-state index contributed by atoms with van der Waals surface area (Å²) in [6.07, 6.45) is -0.102. The fourth-order valence-corrected chi connectivity index (χ4v) is 6.21. The highest BCUT2D eigenvalue weighted by atomic mass is 35.5. The van der Waals surface area contributed by atoms with E-state index in [2.05, 4.69) is 15.2 Å². The number of carbonyl (C=O) groups is 1. The SMILES string of the molecule is C[C@H](Nc1cc(F)c(S(=O)(=O)N(C(=O)OC(C)(C)C)c2cscn2)cc1Cl)c1cc(CN2CCC2)ccc1F. The molecule has 210 valence electrons. The van der Waals surface area contributed by atoms with Crippen molar-refractivity contribution in [3.05, 3.63) is 69.0 Å². The van der Waals surface area contributed by atoms with Crippen molar-refractivity contribution in [2.45, 2.75) is 57.2 Å².